The van der Waals surface area contributed by atoms with Crippen molar-refractivity contribution in [3.8, 4) is 0 Å². The molecule has 1 saturated carbocycles. The van der Waals surface area contributed by atoms with Crippen molar-refractivity contribution < 1.29 is 4.79 Å². The van der Waals surface area contributed by atoms with E-state index in [9.17, 15) is 4.79 Å². The molecule has 0 saturated heterocycles. The van der Waals surface area contributed by atoms with E-state index in [0.717, 1.165) is 31.4 Å². The minimum absolute atomic E-state index is 0.348. The Balaban J connectivity index is 1.63. The molecule has 0 N–H and O–H groups in total. The van der Waals surface area contributed by atoms with Gasteiger partial charge in [0.1, 0.15) is 0 Å². The number of amides is 1. The Labute approximate surface area is 146 Å². The van der Waals surface area contributed by atoms with E-state index in [4.69, 9.17) is 0 Å². The SMILES string of the molecule is O=C(CC1CCCCC1)N(Cc1cccnc1)C[C@H]1CC=CCC1. The zero-order valence-electron chi connectivity index (χ0n) is 14.7. The molecule has 1 atom stereocenters. The lowest BCUT2D eigenvalue weighted by molar-refractivity contribution is -0.133. The van der Waals surface area contributed by atoms with E-state index in [1.807, 2.05) is 12.3 Å². The molecule has 1 heterocycles. The molecule has 1 fully saturated rings. The molecule has 0 aromatic carbocycles. The van der Waals surface area contributed by atoms with Crippen molar-refractivity contribution in [2.75, 3.05) is 6.54 Å². The van der Waals surface area contributed by atoms with Crippen molar-refractivity contribution in [3.05, 3.63) is 42.2 Å². The van der Waals surface area contributed by atoms with Crippen LogP contribution >= 0.6 is 0 Å². The Hall–Kier alpha value is -1.64. The first-order valence-electron chi connectivity index (χ1n) is 9.63. The van der Waals surface area contributed by atoms with E-state index < -0.39 is 0 Å². The summed E-state index contributed by atoms with van der Waals surface area (Å²) in [5.41, 5.74) is 1.14. The summed E-state index contributed by atoms with van der Waals surface area (Å²) in [6.45, 7) is 1.60. The second-order valence-electron chi connectivity index (χ2n) is 7.49. The molecular formula is C21H30N2O. The van der Waals surface area contributed by atoms with Gasteiger partial charge in [0.2, 0.25) is 5.91 Å². The molecular weight excluding hydrogens is 296 g/mol. The topological polar surface area (TPSA) is 33.2 Å². The third-order valence-corrected chi connectivity index (χ3v) is 5.49. The van der Waals surface area contributed by atoms with Crippen LogP contribution < -0.4 is 0 Å². The minimum atomic E-state index is 0.348. The summed E-state index contributed by atoms with van der Waals surface area (Å²) in [5.74, 6) is 1.57. The highest BCUT2D eigenvalue weighted by Crippen LogP contribution is 2.28. The van der Waals surface area contributed by atoms with E-state index in [2.05, 4.69) is 28.1 Å². The molecule has 1 aromatic rings. The highest BCUT2D eigenvalue weighted by atomic mass is 16.2. The maximum absolute atomic E-state index is 13.0. The van der Waals surface area contributed by atoms with Gasteiger partial charge in [-0.3, -0.25) is 9.78 Å². The maximum Gasteiger partial charge on any atom is 0.223 e. The largest absolute Gasteiger partial charge is 0.338 e. The van der Waals surface area contributed by atoms with Crippen molar-refractivity contribution in [1.82, 2.24) is 9.88 Å². The lowest BCUT2D eigenvalue weighted by Gasteiger charge is -2.30. The van der Waals surface area contributed by atoms with Gasteiger partial charge >= 0.3 is 0 Å². The average Bonchev–Trinajstić information content (AvgIpc) is 2.64. The smallest absolute Gasteiger partial charge is 0.223 e. The maximum atomic E-state index is 13.0. The lowest BCUT2D eigenvalue weighted by Crippen LogP contribution is -2.36. The van der Waals surface area contributed by atoms with Crippen molar-refractivity contribution in [1.29, 1.82) is 0 Å². The second-order valence-corrected chi connectivity index (χ2v) is 7.49. The summed E-state index contributed by atoms with van der Waals surface area (Å²) >= 11 is 0. The van der Waals surface area contributed by atoms with E-state index in [1.54, 1.807) is 6.20 Å². The molecule has 3 rings (SSSR count). The third-order valence-electron chi connectivity index (χ3n) is 5.49. The number of hydrogen-bond donors (Lipinski definition) is 0. The third kappa shape index (κ3) is 5.19. The first-order valence-corrected chi connectivity index (χ1v) is 9.63. The van der Waals surface area contributed by atoms with Gasteiger partial charge in [-0.15, -0.1) is 0 Å². The number of allylic oxidation sites excluding steroid dienone is 2. The second kappa shape index (κ2) is 9.00. The van der Waals surface area contributed by atoms with Crippen LogP contribution in [0.25, 0.3) is 0 Å². The van der Waals surface area contributed by atoms with Crippen molar-refractivity contribution in [2.24, 2.45) is 11.8 Å². The van der Waals surface area contributed by atoms with Crippen molar-refractivity contribution in [3.63, 3.8) is 0 Å². The van der Waals surface area contributed by atoms with Crippen LogP contribution in [0.5, 0.6) is 0 Å². The Bertz CT molecular complexity index is 534. The van der Waals surface area contributed by atoms with Crippen LogP contribution in [0.3, 0.4) is 0 Å². The van der Waals surface area contributed by atoms with Crippen LogP contribution in [0.4, 0.5) is 0 Å². The average molecular weight is 326 g/mol. The summed E-state index contributed by atoms with van der Waals surface area (Å²) in [6.07, 6.45) is 18.9. The molecule has 0 spiro atoms. The highest BCUT2D eigenvalue weighted by molar-refractivity contribution is 5.76. The van der Waals surface area contributed by atoms with Crippen molar-refractivity contribution in [2.45, 2.75) is 64.3 Å². The van der Waals surface area contributed by atoms with Crippen LogP contribution in [0.15, 0.2) is 36.7 Å². The van der Waals surface area contributed by atoms with E-state index in [1.165, 1.54) is 38.5 Å². The summed E-state index contributed by atoms with van der Waals surface area (Å²) in [7, 11) is 0. The lowest BCUT2D eigenvalue weighted by atomic mass is 9.86. The normalized spacial score (nSPS) is 21.6. The minimum Gasteiger partial charge on any atom is -0.338 e. The Morgan fingerprint density at radius 3 is 2.71 bits per heavy atom. The number of pyridine rings is 1. The number of hydrogen-bond acceptors (Lipinski definition) is 2. The molecule has 0 aliphatic heterocycles. The van der Waals surface area contributed by atoms with E-state index in [0.29, 0.717) is 24.3 Å². The Morgan fingerprint density at radius 2 is 2.00 bits per heavy atom. The van der Waals surface area contributed by atoms with Crippen LogP contribution in [-0.4, -0.2) is 22.3 Å². The van der Waals surface area contributed by atoms with Gasteiger partial charge in [-0.1, -0.05) is 37.5 Å². The fraction of sp³-hybridized carbons (Fsp3) is 0.619. The van der Waals surface area contributed by atoms with Crippen LogP contribution in [-0.2, 0) is 11.3 Å². The summed E-state index contributed by atoms with van der Waals surface area (Å²) < 4.78 is 0. The summed E-state index contributed by atoms with van der Waals surface area (Å²) in [4.78, 5) is 19.3. The molecule has 2 aliphatic carbocycles. The number of carbonyl (C=O) groups is 1. The Morgan fingerprint density at radius 1 is 1.12 bits per heavy atom. The van der Waals surface area contributed by atoms with Gasteiger partial charge in [-0.05, 0) is 55.6 Å². The quantitative estimate of drug-likeness (QED) is 0.708. The highest BCUT2D eigenvalue weighted by Gasteiger charge is 2.23. The number of rotatable bonds is 6. The van der Waals surface area contributed by atoms with Gasteiger partial charge in [0, 0.05) is 31.9 Å². The summed E-state index contributed by atoms with van der Waals surface area (Å²) in [6, 6.07) is 4.04. The zero-order chi connectivity index (χ0) is 16.6. The number of aromatic nitrogens is 1. The van der Waals surface area contributed by atoms with Gasteiger partial charge in [-0.25, -0.2) is 0 Å². The van der Waals surface area contributed by atoms with E-state index >= 15 is 0 Å². The van der Waals surface area contributed by atoms with Crippen molar-refractivity contribution >= 4 is 5.91 Å². The Kier molecular flexibility index (Phi) is 6.45. The standard InChI is InChI=1S/C21H30N2O/c24-21(14-18-8-3-1-4-9-18)23(16-19-10-5-2-6-11-19)17-20-12-7-13-22-15-20/h2,5,7,12-13,15,18-19H,1,3-4,6,8-11,14,16-17H2/t19-/m0/s1. The number of carbonyl (C=O) groups excluding carboxylic acids is 1. The predicted molar refractivity (Wildman–Crippen MR) is 97.3 cm³/mol. The van der Waals surface area contributed by atoms with Gasteiger partial charge in [0.25, 0.3) is 0 Å². The van der Waals surface area contributed by atoms with Crippen LogP contribution in [0.1, 0.15) is 63.4 Å². The van der Waals surface area contributed by atoms with Crippen LogP contribution in [0, 0.1) is 11.8 Å². The zero-order valence-corrected chi connectivity index (χ0v) is 14.7. The first-order chi connectivity index (χ1) is 11.8. The van der Waals surface area contributed by atoms with Gasteiger partial charge in [-0.2, -0.15) is 0 Å². The molecule has 1 aromatic heterocycles. The molecule has 2 aliphatic rings. The van der Waals surface area contributed by atoms with Gasteiger partial charge in [0.15, 0.2) is 0 Å². The first kappa shape index (κ1) is 17.2. The predicted octanol–water partition coefficient (Wildman–Crippen LogP) is 4.74. The van der Waals surface area contributed by atoms with Gasteiger partial charge in [0.05, 0.1) is 0 Å². The molecule has 1 amide bonds. The number of nitrogens with zero attached hydrogens (tertiary/aromatic N) is 2. The molecule has 0 unspecified atom stereocenters. The fourth-order valence-electron chi connectivity index (χ4n) is 4.07. The molecule has 0 bridgehead atoms. The van der Waals surface area contributed by atoms with Crippen LogP contribution in [0.2, 0.25) is 0 Å². The molecule has 3 nitrogen and oxygen atoms in total. The molecule has 0 radical (unpaired) electrons. The fourth-order valence-corrected chi connectivity index (χ4v) is 4.07. The molecule has 3 heteroatoms. The van der Waals surface area contributed by atoms with Gasteiger partial charge < -0.3 is 4.90 Å². The molecule has 24 heavy (non-hydrogen) atoms. The molecule has 130 valence electrons. The monoisotopic (exact) mass is 326 g/mol. The summed E-state index contributed by atoms with van der Waals surface area (Å²) in [5, 5.41) is 0. The van der Waals surface area contributed by atoms with E-state index in [-0.39, 0.29) is 0 Å².